The average molecular weight is 643 g/mol. The summed E-state index contributed by atoms with van der Waals surface area (Å²) < 4.78 is 33.9. The highest BCUT2D eigenvalue weighted by atomic mass is 32.2. The second-order valence-corrected chi connectivity index (χ2v) is 11.9. The molecular formula is C21H30N12O8S2. The second kappa shape index (κ2) is 12.1. The molecule has 20 nitrogen and oxygen atoms in total. The standard InChI is InChI=1S/C21H30N12O8S2/c1-10-11(7-31(19(23)24)6-2-5-22)29-32(28-10)8-13-15(17(35)33(13)43(38,39)40)27-16(34)14(12-9-42-20(25)26-12)30-41-21(3-4-21)18(36)37/h9,13,15H,2-8,22H2,1H3,(H3,23,24)(H2,25,26)(H,27,34)(H,36,37)(H,38,39,40)/t13-,15-/m0/s1. The lowest BCUT2D eigenvalue weighted by atomic mass is 9.98. The predicted octanol–water partition coefficient (Wildman–Crippen LogP) is -2.79. The number of carbonyl (C=O) groups is 3. The first-order valence-corrected chi connectivity index (χ1v) is 15.0. The van der Waals surface area contributed by atoms with Gasteiger partial charge in [-0.25, -0.2) is 14.1 Å². The van der Waals surface area contributed by atoms with Crippen molar-refractivity contribution in [3.05, 3.63) is 22.5 Å². The summed E-state index contributed by atoms with van der Waals surface area (Å²) in [6, 6.07) is -2.87. The number of nitrogen functional groups attached to an aromatic ring is 1. The molecule has 2 amide bonds. The van der Waals surface area contributed by atoms with Gasteiger partial charge in [-0.05, 0) is 19.9 Å². The average Bonchev–Trinajstić information content (AvgIpc) is 3.47. The number of β-lactam (4-membered cyclic amide) rings is 1. The van der Waals surface area contributed by atoms with Crippen molar-refractivity contribution in [2.45, 2.75) is 57.0 Å². The minimum Gasteiger partial charge on any atom is -0.478 e. The summed E-state index contributed by atoms with van der Waals surface area (Å²) in [7, 11) is -5.05. The molecule has 10 N–H and O–H groups in total. The number of guanidine groups is 1. The molecule has 2 aromatic rings. The zero-order valence-corrected chi connectivity index (χ0v) is 24.3. The molecule has 2 fully saturated rings. The normalized spacial score (nSPS) is 19.5. The van der Waals surface area contributed by atoms with E-state index in [1.54, 1.807) is 6.92 Å². The Labute approximate surface area is 248 Å². The van der Waals surface area contributed by atoms with E-state index in [2.05, 4.69) is 25.7 Å². The van der Waals surface area contributed by atoms with Gasteiger partial charge in [0.1, 0.15) is 23.5 Å². The fourth-order valence-corrected chi connectivity index (χ4v) is 5.57. The van der Waals surface area contributed by atoms with Gasteiger partial charge in [0, 0.05) is 24.8 Å². The number of hydrogen-bond donors (Lipinski definition) is 7. The van der Waals surface area contributed by atoms with Crippen LogP contribution in [0.1, 0.15) is 36.3 Å². The molecule has 1 aliphatic carbocycles. The van der Waals surface area contributed by atoms with Crippen LogP contribution in [-0.4, -0.2) is 107 Å². The Morgan fingerprint density at radius 2 is 2.07 bits per heavy atom. The number of aromatic nitrogens is 4. The number of carboxylic acids is 1. The number of nitrogens with one attached hydrogen (secondary N) is 2. The fraction of sp³-hybridized carbons (Fsp3) is 0.524. The van der Waals surface area contributed by atoms with E-state index in [1.807, 2.05) is 0 Å². The Morgan fingerprint density at radius 1 is 1.37 bits per heavy atom. The molecule has 1 saturated carbocycles. The first kappa shape index (κ1) is 31.5. The Hall–Kier alpha value is -4.41. The maximum absolute atomic E-state index is 13.3. The number of aryl methyl sites for hydroxylation is 1. The molecule has 1 saturated heterocycles. The highest BCUT2D eigenvalue weighted by Gasteiger charge is 2.56. The number of anilines is 1. The second-order valence-electron chi connectivity index (χ2n) is 9.77. The Bertz CT molecular complexity index is 1570. The van der Waals surface area contributed by atoms with E-state index in [0.29, 0.717) is 30.9 Å². The number of nitrogens with two attached hydrogens (primary N) is 3. The lowest BCUT2D eigenvalue weighted by Crippen LogP contribution is -2.73. The zero-order chi connectivity index (χ0) is 31.7. The number of carbonyl (C=O) groups excluding carboxylic acids is 2. The van der Waals surface area contributed by atoms with E-state index in [0.717, 1.165) is 16.1 Å². The van der Waals surface area contributed by atoms with Gasteiger partial charge in [0.2, 0.25) is 5.60 Å². The molecule has 0 unspecified atom stereocenters. The van der Waals surface area contributed by atoms with E-state index in [9.17, 15) is 32.5 Å². The molecular weight excluding hydrogens is 612 g/mol. The summed E-state index contributed by atoms with van der Waals surface area (Å²) in [5.41, 5.74) is 15.5. The van der Waals surface area contributed by atoms with Gasteiger partial charge in [-0.15, -0.1) is 11.3 Å². The lowest BCUT2D eigenvalue weighted by Gasteiger charge is -2.43. The molecule has 0 bridgehead atoms. The maximum Gasteiger partial charge on any atom is 0.362 e. The largest absolute Gasteiger partial charge is 0.478 e. The number of oxime groups is 1. The van der Waals surface area contributed by atoms with Crippen LogP contribution in [0.15, 0.2) is 10.5 Å². The molecule has 3 heterocycles. The van der Waals surface area contributed by atoms with Gasteiger partial charge in [-0.2, -0.15) is 23.4 Å². The topological polar surface area (TPSA) is 311 Å². The van der Waals surface area contributed by atoms with E-state index >= 15 is 0 Å². The van der Waals surface area contributed by atoms with Crippen LogP contribution in [0.2, 0.25) is 0 Å². The number of thiazole rings is 1. The highest BCUT2D eigenvalue weighted by molar-refractivity contribution is 7.84. The molecule has 2 aliphatic rings. The van der Waals surface area contributed by atoms with E-state index in [4.69, 9.17) is 27.4 Å². The number of carboxylic acid groups (broad SMARTS) is 1. The fourth-order valence-electron chi connectivity index (χ4n) is 4.15. The first-order valence-electron chi connectivity index (χ1n) is 12.7. The van der Waals surface area contributed by atoms with Crippen molar-refractivity contribution in [3.63, 3.8) is 0 Å². The van der Waals surface area contributed by atoms with Gasteiger partial charge in [-0.1, -0.05) is 5.16 Å². The molecule has 234 valence electrons. The summed E-state index contributed by atoms with van der Waals surface area (Å²) in [5.74, 6) is -3.70. The molecule has 4 rings (SSSR count). The third-order valence-corrected chi connectivity index (χ3v) is 8.29. The predicted molar refractivity (Wildman–Crippen MR) is 149 cm³/mol. The quantitative estimate of drug-likeness (QED) is 0.0360. The summed E-state index contributed by atoms with van der Waals surface area (Å²) in [4.78, 5) is 49.3. The number of amides is 2. The minimum atomic E-state index is -5.05. The molecule has 22 heteroatoms. The minimum absolute atomic E-state index is 0.0623. The molecule has 43 heavy (non-hydrogen) atoms. The summed E-state index contributed by atoms with van der Waals surface area (Å²) in [6.07, 6.45) is 0.868. The Balaban J connectivity index is 1.56. The smallest absolute Gasteiger partial charge is 0.362 e. The van der Waals surface area contributed by atoms with Crippen LogP contribution in [0, 0.1) is 12.3 Å². The van der Waals surface area contributed by atoms with Crippen molar-refractivity contribution < 1.29 is 37.3 Å². The van der Waals surface area contributed by atoms with E-state index in [1.165, 1.54) is 10.3 Å². The van der Waals surface area contributed by atoms with Gasteiger partial charge >= 0.3 is 16.3 Å². The van der Waals surface area contributed by atoms with Crippen LogP contribution < -0.4 is 22.5 Å². The van der Waals surface area contributed by atoms with Crippen LogP contribution in [0.5, 0.6) is 0 Å². The van der Waals surface area contributed by atoms with Gasteiger partial charge < -0.3 is 37.4 Å². The van der Waals surface area contributed by atoms with Crippen molar-refractivity contribution in [1.82, 2.24) is 34.5 Å². The van der Waals surface area contributed by atoms with Crippen LogP contribution in [0.4, 0.5) is 5.13 Å². The number of nitrogens with zero attached hydrogens (tertiary/aromatic N) is 7. The van der Waals surface area contributed by atoms with Gasteiger partial charge in [-0.3, -0.25) is 19.6 Å². The third-order valence-electron chi connectivity index (χ3n) is 6.67. The van der Waals surface area contributed by atoms with Gasteiger partial charge in [0.05, 0.1) is 18.8 Å². The van der Waals surface area contributed by atoms with Gasteiger partial charge in [0.15, 0.2) is 16.8 Å². The van der Waals surface area contributed by atoms with Crippen LogP contribution in [0.3, 0.4) is 0 Å². The SMILES string of the molecule is Cc1nn(C[C@H]2[C@H](NC(=O)C(=NOC3(C(=O)O)CC3)c3csc(N)n3)C(=O)N2S(=O)(=O)O)nc1CN(CCCN)C(=N)N. The molecule has 2 aromatic heterocycles. The van der Waals surface area contributed by atoms with Crippen LogP contribution in [0.25, 0.3) is 0 Å². The Kier molecular flexibility index (Phi) is 8.84. The number of hydrogen-bond acceptors (Lipinski definition) is 14. The van der Waals surface area contributed by atoms with Gasteiger partial charge in [0.25, 0.3) is 11.8 Å². The number of aliphatic carboxylic acids is 1. The lowest BCUT2D eigenvalue weighted by molar-refractivity contribution is -0.153. The zero-order valence-electron chi connectivity index (χ0n) is 22.7. The highest BCUT2D eigenvalue weighted by Crippen LogP contribution is 2.40. The third kappa shape index (κ3) is 6.81. The monoisotopic (exact) mass is 642 g/mol. The number of rotatable bonds is 14. The molecule has 0 aromatic carbocycles. The molecule has 0 spiro atoms. The Morgan fingerprint density at radius 3 is 2.60 bits per heavy atom. The molecule has 0 radical (unpaired) electrons. The van der Waals surface area contributed by atoms with Crippen molar-refractivity contribution >= 4 is 56.2 Å². The van der Waals surface area contributed by atoms with E-state index < -0.39 is 51.5 Å². The van der Waals surface area contributed by atoms with Crippen molar-refractivity contribution in [2.24, 2.45) is 16.6 Å². The van der Waals surface area contributed by atoms with Crippen molar-refractivity contribution in [2.75, 3.05) is 18.8 Å². The summed E-state index contributed by atoms with van der Waals surface area (Å²) in [5, 5.41) is 33.2. The van der Waals surface area contributed by atoms with Crippen molar-refractivity contribution in [1.29, 1.82) is 5.41 Å². The summed E-state index contributed by atoms with van der Waals surface area (Å²) >= 11 is 0.960. The maximum atomic E-state index is 13.3. The van der Waals surface area contributed by atoms with Crippen molar-refractivity contribution in [3.8, 4) is 0 Å². The van der Waals surface area contributed by atoms with E-state index in [-0.39, 0.29) is 47.0 Å². The molecule has 1 aliphatic heterocycles. The summed E-state index contributed by atoms with van der Waals surface area (Å²) in [6.45, 7) is 2.10. The van der Waals surface area contributed by atoms with Crippen LogP contribution >= 0.6 is 11.3 Å². The molecule has 2 atom stereocenters. The first-order chi connectivity index (χ1) is 20.2. The van der Waals surface area contributed by atoms with Crippen LogP contribution in [-0.2, 0) is 42.6 Å².